The zero-order valence-electron chi connectivity index (χ0n) is 14.6. The molecule has 8 heteroatoms. The lowest BCUT2D eigenvalue weighted by atomic mass is 9.54. The Morgan fingerprint density at radius 1 is 1.56 bits per heavy atom. The van der Waals surface area contributed by atoms with Crippen molar-refractivity contribution in [3.63, 3.8) is 0 Å². The standard InChI is InChI=1S/C17H23N3O3S.ClH/c1-4-22-13-8-17(18,16(13,2)3)15(21)19-9-11-10-24-14(20-11)12-6-5-7-23-12;/h5-7,10,13H,4,8-9,18H2,1-3H3,(H,19,21);1H. The molecule has 0 spiro atoms. The molecule has 3 N–H and O–H groups in total. The minimum atomic E-state index is -0.910. The van der Waals surface area contributed by atoms with E-state index in [-0.39, 0.29) is 24.4 Å². The maximum atomic E-state index is 12.6. The molecule has 0 aromatic carbocycles. The molecule has 0 radical (unpaired) electrons. The normalized spacial score (nSPS) is 24.2. The number of halogens is 1. The molecule has 1 aliphatic rings. The van der Waals surface area contributed by atoms with Gasteiger partial charge in [-0.05, 0) is 19.1 Å². The Balaban J connectivity index is 0.00000225. The van der Waals surface area contributed by atoms with Crippen molar-refractivity contribution in [2.75, 3.05) is 6.61 Å². The van der Waals surface area contributed by atoms with Gasteiger partial charge in [-0.15, -0.1) is 23.7 Å². The summed E-state index contributed by atoms with van der Waals surface area (Å²) in [7, 11) is 0. The van der Waals surface area contributed by atoms with Gasteiger partial charge < -0.3 is 20.2 Å². The number of rotatable bonds is 6. The highest BCUT2D eigenvalue weighted by molar-refractivity contribution is 7.13. The summed E-state index contributed by atoms with van der Waals surface area (Å²) in [4.78, 5) is 17.1. The van der Waals surface area contributed by atoms with Crippen LogP contribution in [0.3, 0.4) is 0 Å². The minimum Gasteiger partial charge on any atom is -0.462 e. The molecule has 1 aliphatic carbocycles. The second-order valence-electron chi connectivity index (χ2n) is 6.65. The Kier molecular flexibility index (Phi) is 5.93. The first-order chi connectivity index (χ1) is 11.4. The average Bonchev–Trinajstić information content (AvgIpc) is 3.23. The molecule has 1 saturated carbocycles. The zero-order chi connectivity index (χ0) is 17.4. The highest BCUT2D eigenvalue weighted by atomic mass is 35.5. The Hall–Kier alpha value is -1.41. The summed E-state index contributed by atoms with van der Waals surface area (Å²) in [5, 5.41) is 5.62. The third-order valence-corrected chi connectivity index (χ3v) is 5.85. The van der Waals surface area contributed by atoms with Gasteiger partial charge >= 0.3 is 0 Å². The van der Waals surface area contributed by atoms with Crippen LogP contribution in [-0.2, 0) is 16.1 Å². The topological polar surface area (TPSA) is 90.4 Å². The van der Waals surface area contributed by atoms with Crippen molar-refractivity contribution in [3.05, 3.63) is 29.5 Å². The van der Waals surface area contributed by atoms with Crippen LogP contribution >= 0.6 is 23.7 Å². The summed E-state index contributed by atoms with van der Waals surface area (Å²) in [5.41, 5.74) is 5.86. The molecule has 1 fully saturated rings. The number of aromatic nitrogens is 1. The molecular weight excluding hydrogens is 362 g/mol. The van der Waals surface area contributed by atoms with E-state index in [1.165, 1.54) is 11.3 Å². The lowest BCUT2D eigenvalue weighted by Crippen LogP contribution is -2.75. The van der Waals surface area contributed by atoms with Gasteiger partial charge in [-0.2, -0.15) is 0 Å². The van der Waals surface area contributed by atoms with Gasteiger partial charge in [0.15, 0.2) is 10.8 Å². The second kappa shape index (κ2) is 7.45. The van der Waals surface area contributed by atoms with Crippen LogP contribution in [0.25, 0.3) is 10.8 Å². The quantitative estimate of drug-likeness (QED) is 0.797. The van der Waals surface area contributed by atoms with E-state index >= 15 is 0 Å². The number of amides is 1. The van der Waals surface area contributed by atoms with Gasteiger partial charge in [0, 0.05) is 23.8 Å². The van der Waals surface area contributed by atoms with Gasteiger partial charge in [0.2, 0.25) is 5.91 Å². The minimum absolute atomic E-state index is 0. The first-order valence-electron chi connectivity index (χ1n) is 8.05. The van der Waals surface area contributed by atoms with Crippen LogP contribution in [0, 0.1) is 5.41 Å². The predicted octanol–water partition coefficient (Wildman–Crippen LogP) is 2.97. The highest BCUT2D eigenvalue weighted by Gasteiger charge is 2.62. The number of furan rings is 1. The van der Waals surface area contributed by atoms with E-state index < -0.39 is 11.0 Å². The van der Waals surface area contributed by atoms with Crippen LogP contribution in [0.1, 0.15) is 32.9 Å². The lowest BCUT2D eigenvalue weighted by molar-refractivity contribution is -0.170. The molecule has 6 nitrogen and oxygen atoms in total. The summed E-state index contributed by atoms with van der Waals surface area (Å²) in [5.74, 6) is 0.573. The van der Waals surface area contributed by atoms with Gasteiger partial charge in [-0.1, -0.05) is 13.8 Å². The summed E-state index contributed by atoms with van der Waals surface area (Å²) >= 11 is 1.49. The second-order valence-corrected chi connectivity index (χ2v) is 7.50. The Morgan fingerprint density at radius 3 is 2.92 bits per heavy atom. The van der Waals surface area contributed by atoms with E-state index in [2.05, 4.69) is 10.3 Å². The predicted molar refractivity (Wildman–Crippen MR) is 99.6 cm³/mol. The van der Waals surface area contributed by atoms with Crippen molar-refractivity contribution in [2.24, 2.45) is 11.1 Å². The molecule has 2 heterocycles. The number of hydrogen-bond donors (Lipinski definition) is 2. The van der Waals surface area contributed by atoms with Crippen LogP contribution in [0.4, 0.5) is 0 Å². The fourth-order valence-corrected chi connectivity index (χ4v) is 3.84. The smallest absolute Gasteiger partial charge is 0.241 e. The van der Waals surface area contributed by atoms with E-state index in [1.807, 2.05) is 38.3 Å². The van der Waals surface area contributed by atoms with Crippen molar-refractivity contribution in [1.82, 2.24) is 10.3 Å². The number of nitrogens with one attached hydrogen (secondary N) is 1. The van der Waals surface area contributed by atoms with Crippen molar-refractivity contribution < 1.29 is 13.9 Å². The third-order valence-electron chi connectivity index (χ3n) is 4.95. The molecule has 2 atom stereocenters. The summed E-state index contributed by atoms with van der Waals surface area (Å²) in [6.45, 7) is 6.89. The van der Waals surface area contributed by atoms with E-state index in [0.717, 1.165) is 16.5 Å². The van der Waals surface area contributed by atoms with Gasteiger partial charge in [-0.3, -0.25) is 4.79 Å². The molecule has 25 heavy (non-hydrogen) atoms. The number of nitrogens with zero attached hydrogens (tertiary/aromatic N) is 1. The molecule has 1 amide bonds. The molecule has 2 aromatic heterocycles. The summed E-state index contributed by atoms with van der Waals surface area (Å²) < 4.78 is 11.0. The third kappa shape index (κ3) is 3.46. The number of hydrogen-bond acceptors (Lipinski definition) is 6. The summed E-state index contributed by atoms with van der Waals surface area (Å²) in [6, 6.07) is 3.69. The Labute approximate surface area is 157 Å². The van der Waals surface area contributed by atoms with Crippen LogP contribution < -0.4 is 11.1 Å². The molecule has 138 valence electrons. The van der Waals surface area contributed by atoms with Gasteiger partial charge in [0.05, 0.1) is 24.6 Å². The SMILES string of the molecule is CCOC1CC(N)(C(=O)NCc2csc(-c3ccco3)n2)C1(C)C.Cl. The van der Waals surface area contributed by atoms with Crippen molar-refractivity contribution in [3.8, 4) is 10.8 Å². The van der Waals surface area contributed by atoms with Gasteiger partial charge in [0.1, 0.15) is 5.54 Å². The molecule has 3 rings (SSSR count). The van der Waals surface area contributed by atoms with E-state index in [1.54, 1.807) is 6.26 Å². The molecular formula is C17H24ClN3O3S. The largest absolute Gasteiger partial charge is 0.462 e. The Bertz CT molecular complexity index is 717. The van der Waals surface area contributed by atoms with Gasteiger partial charge in [-0.25, -0.2) is 4.98 Å². The van der Waals surface area contributed by atoms with E-state index in [0.29, 0.717) is 19.6 Å². The number of carbonyl (C=O) groups excluding carboxylic acids is 1. The molecule has 2 unspecified atom stereocenters. The Morgan fingerprint density at radius 2 is 2.32 bits per heavy atom. The molecule has 2 aromatic rings. The fraction of sp³-hybridized carbons (Fsp3) is 0.529. The number of carbonyl (C=O) groups is 1. The van der Waals surface area contributed by atoms with E-state index in [4.69, 9.17) is 14.9 Å². The maximum absolute atomic E-state index is 12.6. The number of ether oxygens (including phenoxy) is 1. The van der Waals surface area contributed by atoms with Crippen molar-refractivity contribution >= 4 is 29.7 Å². The van der Waals surface area contributed by atoms with Crippen LogP contribution in [-0.4, -0.2) is 29.1 Å². The van der Waals surface area contributed by atoms with Crippen molar-refractivity contribution in [2.45, 2.75) is 45.4 Å². The van der Waals surface area contributed by atoms with Gasteiger partial charge in [0.25, 0.3) is 0 Å². The first kappa shape index (κ1) is 19.9. The van der Waals surface area contributed by atoms with Crippen LogP contribution in [0.5, 0.6) is 0 Å². The molecule has 0 saturated heterocycles. The van der Waals surface area contributed by atoms with Crippen LogP contribution in [0.2, 0.25) is 0 Å². The first-order valence-corrected chi connectivity index (χ1v) is 8.93. The molecule has 0 aliphatic heterocycles. The zero-order valence-corrected chi connectivity index (χ0v) is 16.2. The lowest BCUT2D eigenvalue weighted by Gasteiger charge is -2.57. The van der Waals surface area contributed by atoms with Crippen molar-refractivity contribution in [1.29, 1.82) is 0 Å². The highest BCUT2D eigenvalue weighted by Crippen LogP contribution is 2.49. The maximum Gasteiger partial charge on any atom is 0.241 e. The van der Waals surface area contributed by atoms with Crippen LogP contribution in [0.15, 0.2) is 28.2 Å². The summed E-state index contributed by atoms with van der Waals surface area (Å²) in [6.07, 6.45) is 2.17. The number of thiazole rings is 1. The monoisotopic (exact) mass is 385 g/mol. The van der Waals surface area contributed by atoms with E-state index in [9.17, 15) is 4.79 Å². The number of nitrogens with two attached hydrogens (primary N) is 1. The fourth-order valence-electron chi connectivity index (χ4n) is 3.05. The average molecular weight is 386 g/mol. The molecule has 0 bridgehead atoms.